The lowest BCUT2D eigenvalue weighted by Gasteiger charge is -2.26. The zero-order valence-corrected chi connectivity index (χ0v) is 20.0. The fraction of sp³-hybridized carbons (Fsp3) is 0.280. The average molecular weight is 513 g/mol. The molecule has 0 bridgehead atoms. The van der Waals surface area contributed by atoms with Crippen molar-refractivity contribution < 1.29 is 18.3 Å². The molecular formula is C25H23ClF2N6O2. The van der Waals surface area contributed by atoms with E-state index in [2.05, 4.69) is 25.7 Å². The molecule has 36 heavy (non-hydrogen) atoms. The van der Waals surface area contributed by atoms with Gasteiger partial charge < -0.3 is 15.4 Å². The van der Waals surface area contributed by atoms with E-state index >= 15 is 0 Å². The summed E-state index contributed by atoms with van der Waals surface area (Å²) in [5.41, 5.74) is 2.08. The Kier molecular flexibility index (Phi) is 6.80. The number of alkyl halides is 1. The van der Waals surface area contributed by atoms with E-state index in [9.17, 15) is 13.6 Å². The van der Waals surface area contributed by atoms with E-state index < -0.39 is 24.1 Å². The summed E-state index contributed by atoms with van der Waals surface area (Å²) < 4.78 is 35.1. The molecule has 3 atom stereocenters. The largest absolute Gasteiger partial charge is 0.378 e. The molecule has 2 N–H and O–H groups in total. The van der Waals surface area contributed by atoms with E-state index in [-0.39, 0.29) is 23.5 Å². The van der Waals surface area contributed by atoms with Crippen molar-refractivity contribution in [3.05, 3.63) is 82.5 Å². The molecule has 5 rings (SSSR count). The number of rotatable bonds is 6. The summed E-state index contributed by atoms with van der Waals surface area (Å²) in [5, 5.41) is 10.9. The lowest BCUT2D eigenvalue weighted by molar-refractivity contribution is 0.0284. The number of aryl methyl sites for hydroxylation is 1. The Labute approximate surface area is 210 Å². The van der Waals surface area contributed by atoms with Crippen LogP contribution >= 0.6 is 11.6 Å². The van der Waals surface area contributed by atoms with Crippen LogP contribution in [0.1, 0.15) is 33.9 Å². The first-order chi connectivity index (χ1) is 17.4. The Hall–Kier alpha value is -3.63. The number of anilines is 1. The maximum atomic E-state index is 14.2. The number of aromatic nitrogens is 4. The van der Waals surface area contributed by atoms with Crippen LogP contribution in [0, 0.1) is 5.82 Å². The normalized spacial score (nSPS) is 18.7. The Morgan fingerprint density at radius 3 is 2.83 bits per heavy atom. The first kappa shape index (κ1) is 24.1. The molecule has 11 heteroatoms. The molecule has 4 aromatic rings. The molecule has 8 nitrogen and oxygen atoms in total. The van der Waals surface area contributed by atoms with Crippen molar-refractivity contribution in [3.63, 3.8) is 0 Å². The van der Waals surface area contributed by atoms with E-state index in [0.717, 1.165) is 5.39 Å². The Balaban J connectivity index is 1.41. The van der Waals surface area contributed by atoms with Crippen LogP contribution in [0.2, 0.25) is 5.02 Å². The number of carbonyl (C=O) groups is 1. The van der Waals surface area contributed by atoms with Gasteiger partial charge in [0.25, 0.3) is 5.91 Å². The van der Waals surface area contributed by atoms with E-state index in [1.807, 2.05) is 0 Å². The fourth-order valence-corrected chi connectivity index (χ4v) is 4.24. The number of nitrogens with one attached hydrogen (secondary N) is 2. The van der Waals surface area contributed by atoms with Gasteiger partial charge in [-0.25, -0.2) is 18.7 Å². The Morgan fingerprint density at radius 2 is 2.08 bits per heavy atom. The number of hydrogen-bond donors (Lipinski definition) is 2. The summed E-state index contributed by atoms with van der Waals surface area (Å²) in [6.07, 6.45) is 4.33. The highest BCUT2D eigenvalue weighted by Crippen LogP contribution is 2.26. The highest BCUT2D eigenvalue weighted by Gasteiger charge is 2.26. The van der Waals surface area contributed by atoms with Gasteiger partial charge in [-0.15, -0.1) is 0 Å². The summed E-state index contributed by atoms with van der Waals surface area (Å²) >= 11 is 5.85. The molecule has 2 aromatic heterocycles. The zero-order valence-electron chi connectivity index (χ0n) is 19.3. The highest BCUT2D eigenvalue weighted by molar-refractivity contribution is 6.30. The molecule has 1 fully saturated rings. The summed E-state index contributed by atoms with van der Waals surface area (Å²) in [4.78, 5) is 22.0. The third-order valence-corrected chi connectivity index (χ3v) is 6.36. The van der Waals surface area contributed by atoms with Crippen LogP contribution in [0.5, 0.6) is 0 Å². The van der Waals surface area contributed by atoms with Gasteiger partial charge >= 0.3 is 0 Å². The standard InChI is InChI=1S/C25H23ClF2N6O2/c1-34-12-17(11-30-34)23(14-4-5-18(26)19(27)8-14)33-24(35)15-2-3-16-10-29-25(32-22(16)9-15)31-21-6-7-36-13-20(21)28/h2-5,8-12,20-21,23H,6-7,13H2,1H3,(H,33,35)(H,29,31,32)/t20-,21-,23+/m1/s1. The highest BCUT2D eigenvalue weighted by atomic mass is 35.5. The number of benzene rings is 2. The molecular weight excluding hydrogens is 490 g/mol. The second-order valence-electron chi connectivity index (χ2n) is 8.62. The van der Waals surface area contributed by atoms with Crippen LogP contribution < -0.4 is 10.6 Å². The SMILES string of the molecule is Cn1cc([C@@H](NC(=O)c2ccc3cnc(N[C@@H]4CCOC[C@H]4F)nc3c2)c2ccc(Cl)c(F)c2)cn1. The number of ether oxygens (including phenoxy) is 1. The van der Waals surface area contributed by atoms with Gasteiger partial charge in [0.05, 0.1) is 35.4 Å². The van der Waals surface area contributed by atoms with Gasteiger partial charge in [-0.05, 0) is 36.2 Å². The molecule has 1 aliphatic rings. The summed E-state index contributed by atoms with van der Waals surface area (Å²) in [6, 6.07) is 8.33. The average Bonchev–Trinajstić information content (AvgIpc) is 3.31. The second-order valence-corrected chi connectivity index (χ2v) is 9.03. The molecule has 1 aliphatic heterocycles. The van der Waals surface area contributed by atoms with Crippen LogP contribution in [0.4, 0.5) is 14.7 Å². The van der Waals surface area contributed by atoms with Crippen molar-refractivity contribution >= 4 is 34.4 Å². The van der Waals surface area contributed by atoms with Crippen LogP contribution in [0.3, 0.4) is 0 Å². The van der Waals surface area contributed by atoms with Gasteiger partial charge in [0.15, 0.2) is 0 Å². The van der Waals surface area contributed by atoms with Gasteiger partial charge in [-0.2, -0.15) is 5.10 Å². The number of nitrogens with zero attached hydrogens (tertiary/aromatic N) is 4. The Morgan fingerprint density at radius 1 is 1.22 bits per heavy atom. The second kappa shape index (κ2) is 10.2. The lowest BCUT2D eigenvalue weighted by atomic mass is 10.0. The predicted octanol–water partition coefficient (Wildman–Crippen LogP) is 4.21. The summed E-state index contributed by atoms with van der Waals surface area (Å²) in [5.74, 6) is -0.693. The smallest absolute Gasteiger partial charge is 0.252 e. The van der Waals surface area contributed by atoms with Crippen molar-refractivity contribution in [2.75, 3.05) is 18.5 Å². The third-order valence-electron chi connectivity index (χ3n) is 6.06. The first-order valence-electron chi connectivity index (χ1n) is 11.4. The van der Waals surface area contributed by atoms with Crippen LogP contribution in [-0.2, 0) is 11.8 Å². The number of fused-ring (bicyclic) bond motifs is 1. The van der Waals surface area contributed by atoms with Crippen molar-refractivity contribution in [1.82, 2.24) is 25.1 Å². The number of halogens is 3. The number of hydrogen-bond acceptors (Lipinski definition) is 6. The molecule has 0 saturated carbocycles. The molecule has 2 aromatic carbocycles. The van der Waals surface area contributed by atoms with Crippen LogP contribution in [-0.4, -0.2) is 51.1 Å². The molecule has 186 valence electrons. The van der Waals surface area contributed by atoms with Crippen molar-refractivity contribution in [3.8, 4) is 0 Å². The third kappa shape index (κ3) is 5.14. The molecule has 0 spiro atoms. The van der Waals surface area contributed by atoms with E-state index in [1.54, 1.807) is 54.6 Å². The van der Waals surface area contributed by atoms with Crippen LogP contribution in [0.25, 0.3) is 10.9 Å². The van der Waals surface area contributed by atoms with Crippen molar-refractivity contribution in [2.24, 2.45) is 7.05 Å². The lowest BCUT2D eigenvalue weighted by Crippen LogP contribution is -2.39. The number of carbonyl (C=O) groups excluding carboxylic acids is 1. The monoisotopic (exact) mass is 512 g/mol. The van der Waals surface area contributed by atoms with Gasteiger partial charge in [0.2, 0.25) is 5.95 Å². The molecule has 0 radical (unpaired) electrons. The minimum atomic E-state index is -1.16. The van der Waals surface area contributed by atoms with Crippen LogP contribution in [0.15, 0.2) is 55.0 Å². The van der Waals surface area contributed by atoms with Crippen molar-refractivity contribution in [2.45, 2.75) is 24.7 Å². The summed E-state index contributed by atoms with van der Waals surface area (Å²) in [6.45, 7) is 0.497. The molecule has 0 unspecified atom stereocenters. The maximum Gasteiger partial charge on any atom is 0.252 e. The number of amides is 1. The quantitative estimate of drug-likeness (QED) is 0.402. The van der Waals surface area contributed by atoms with Gasteiger partial charge in [-0.1, -0.05) is 23.7 Å². The zero-order chi connectivity index (χ0) is 25.2. The van der Waals surface area contributed by atoms with E-state index in [1.165, 1.54) is 12.1 Å². The van der Waals surface area contributed by atoms with E-state index in [0.29, 0.717) is 35.2 Å². The molecule has 3 heterocycles. The maximum absolute atomic E-state index is 14.2. The molecule has 0 aliphatic carbocycles. The predicted molar refractivity (Wildman–Crippen MR) is 131 cm³/mol. The van der Waals surface area contributed by atoms with E-state index in [4.69, 9.17) is 16.3 Å². The minimum absolute atomic E-state index is 0.00604. The molecule has 1 saturated heterocycles. The summed E-state index contributed by atoms with van der Waals surface area (Å²) in [7, 11) is 1.75. The van der Waals surface area contributed by atoms with Gasteiger partial charge in [0.1, 0.15) is 12.0 Å². The van der Waals surface area contributed by atoms with Gasteiger partial charge in [-0.3, -0.25) is 9.48 Å². The fourth-order valence-electron chi connectivity index (χ4n) is 4.12. The molecule has 1 amide bonds. The van der Waals surface area contributed by atoms with Crippen molar-refractivity contribution in [1.29, 1.82) is 0 Å². The first-order valence-corrected chi connectivity index (χ1v) is 11.7. The topological polar surface area (TPSA) is 94.0 Å². The Bertz CT molecular complexity index is 1410. The van der Waals surface area contributed by atoms with Gasteiger partial charge in [0, 0.05) is 42.6 Å². The minimum Gasteiger partial charge on any atom is -0.378 e.